The number of rotatable bonds is 1. The van der Waals surface area contributed by atoms with Gasteiger partial charge in [0.05, 0.1) is 12.3 Å². The summed E-state index contributed by atoms with van der Waals surface area (Å²) in [5.74, 6) is 0.0112. The van der Waals surface area contributed by atoms with Gasteiger partial charge in [-0.1, -0.05) is 29.8 Å². The highest BCUT2D eigenvalue weighted by molar-refractivity contribution is 6.02. The minimum atomic E-state index is 0.0112. The van der Waals surface area contributed by atoms with Crippen LogP contribution in [-0.4, -0.2) is 23.2 Å². The second-order valence-corrected chi connectivity index (χ2v) is 3.80. The fourth-order valence-electron chi connectivity index (χ4n) is 1.63. The highest BCUT2D eigenvalue weighted by atomic mass is 16.2. The van der Waals surface area contributed by atoms with Crippen LogP contribution in [0.15, 0.2) is 29.4 Å². The molecule has 15 heavy (non-hydrogen) atoms. The number of hydrazone groups is 1. The zero-order valence-electron chi connectivity index (χ0n) is 9.03. The molecule has 1 heterocycles. The normalized spacial score (nSPS) is 15.3. The van der Waals surface area contributed by atoms with E-state index in [9.17, 15) is 4.79 Å². The molecule has 2 rings (SSSR count). The summed E-state index contributed by atoms with van der Waals surface area (Å²) in [6, 6.07) is 8.23. The van der Waals surface area contributed by atoms with Gasteiger partial charge in [0.1, 0.15) is 0 Å². The Kier molecular flexibility index (Phi) is 2.54. The first-order chi connectivity index (χ1) is 7.16. The fraction of sp³-hybridized carbons (Fsp3) is 0.333. The predicted molar refractivity (Wildman–Crippen MR) is 59.7 cm³/mol. The first-order valence-corrected chi connectivity index (χ1v) is 5.09. The predicted octanol–water partition coefficient (Wildman–Crippen LogP) is 1.95. The lowest BCUT2D eigenvalue weighted by Gasteiger charge is -2.05. The number of carbonyl (C=O) groups excluding carboxylic acids is 1. The van der Waals surface area contributed by atoms with Crippen LogP contribution in [0.25, 0.3) is 0 Å². The summed E-state index contributed by atoms with van der Waals surface area (Å²) in [5.41, 5.74) is 3.36. The molecule has 0 saturated carbocycles. The largest absolute Gasteiger partial charge is 0.273 e. The SMILES string of the molecule is CC(=O)N1CCC(c2ccc(C)cc2)=N1. The summed E-state index contributed by atoms with van der Waals surface area (Å²) >= 11 is 0. The molecule has 78 valence electrons. The van der Waals surface area contributed by atoms with E-state index < -0.39 is 0 Å². The molecule has 0 fully saturated rings. The molecule has 0 aliphatic carbocycles. The number of hydrogen-bond donors (Lipinski definition) is 0. The zero-order chi connectivity index (χ0) is 10.8. The molecule has 0 unspecified atom stereocenters. The Balaban J connectivity index is 2.22. The number of aryl methyl sites for hydroxylation is 1. The van der Waals surface area contributed by atoms with Crippen molar-refractivity contribution in [2.45, 2.75) is 20.3 Å². The smallest absolute Gasteiger partial charge is 0.239 e. The monoisotopic (exact) mass is 202 g/mol. The van der Waals surface area contributed by atoms with Crippen LogP contribution < -0.4 is 0 Å². The summed E-state index contributed by atoms with van der Waals surface area (Å²) < 4.78 is 0. The summed E-state index contributed by atoms with van der Waals surface area (Å²) in [7, 11) is 0. The van der Waals surface area contributed by atoms with Crippen molar-refractivity contribution in [3.05, 3.63) is 35.4 Å². The molecule has 0 radical (unpaired) electrons. The molecule has 0 aromatic heterocycles. The maximum absolute atomic E-state index is 11.1. The van der Waals surface area contributed by atoms with Crippen LogP contribution in [0, 0.1) is 6.92 Å². The average Bonchev–Trinajstić information content (AvgIpc) is 2.68. The highest BCUT2D eigenvalue weighted by Crippen LogP contribution is 2.14. The van der Waals surface area contributed by atoms with Gasteiger partial charge in [0.2, 0.25) is 5.91 Å². The number of nitrogens with zero attached hydrogens (tertiary/aromatic N) is 2. The lowest BCUT2D eigenvalue weighted by atomic mass is 10.1. The third kappa shape index (κ3) is 2.06. The standard InChI is InChI=1S/C12H14N2O/c1-9-3-5-11(6-4-9)12-7-8-14(13-12)10(2)15/h3-6H,7-8H2,1-2H3. The number of benzene rings is 1. The second kappa shape index (κ2) is 3.85. The fourth-order valence-corrected chi connectivity index (χ4v) is 1.63. The number of amides is 1. The zero-order valence-corrected chi connectivity index (χ0v) is 9.03. The molecule has 1 aliphatic heterocycles. The van der Waals surface area contributed by atoms with Gasteiger partial charge in [-0.15, -0.1) is 0 Å². The minimum absolute atomic E-state index is 0.0112. The van der Waals surface area contributed by atoms with Gasteiger partial charge in [-0.2, -0.15) is 5.10 Å². The Morgan fingerprint density at radius 3 is 2.53 bits per heavy atom. The first-order valence-electron chi connectivity index (χ1n) is 5.09. The van der Waals surface area contributed by atoms with Crippen LogP contribution in [0.3, 0.4) is 0 Å². The average molecular weight is 202 g/mol. The molecule has 0 spiro atoms. The van der Waals surface area contributed by atoms with Gasteiger partial charge >= 0.3 is 0 Å². The van der Waals surface area contributed by atoms with Gasteiger partial charge < -0.3 is 0 Å². The molecule has 0 bridgehead atoms. The second-order valence-electron chi connectivity index (χ2n) is 3.80. The summed E-state index contributed by atoms with van der Waals surface area (Å²) in [6.45, 7) is 4.31. The van der Waals surface area contributed by atoms with Gasteiger partial charge in [0.15, 0.2) is 0 Å². The van der Waals surface area contributed by atoms with Crippen molar-refractivity contribution >= 4 is 11.6 Å². The molecule has 1 aromatic carbocycles. The molecule has 1 aromatic rings. The van der Waals surface area contributed by atoms with Crippen LogP contribution in [-0.2, 0) is 4.79 Å². The number of carbonyl (C=O) groups is 1. The Morgan fingerprint density at radius 2 is 2.00 bits per heavy atom. The molecule has 3 heteroatoms. The maximum Gasteiger partial charge on any atom is 0.239 e. The van der Waals surface area contributed by atoms with Crippen LogP contribution in [0.1, 0.15) is 24.5 Å². The van der Waals surface area contributed by atoms with Gasteiger partial charge in [-0.3, -0.25) is 4.79 Å². The van der Waals surface area contributed by atoms with Crippen LogP contribution in [0.2, 0.25) is 0 Å². The topological polar surface area (TPSA) is 32.7 Å². The van der Waals surface area contributed by atoms with E-state index in [2.05, 4.69) is 36.3 Å². The van der Waals surface area contributed by atoms with Crippen LogP contribution in [0.5, 0.6) is 0 Å². The van der Waals surface area contributed by atoms with Crippen molar-refractivity contribution in [2.24, 2.45) is 5.10 Å². The van der Waals surface area contributed by atoms with Gasteiger partial charge in [0, 0.05) is 13.3 Å². The third-order valence-corrected chi connectivity index (χ3v) is 2.55. The molecule has 1 amide bonds. The van der Waals surface area contributed by atoms with E-state index in [1.54, 1.807) is 6.92 Å². The molecule has 0 saturated heterocycles. The van der Waals surface area contributed by atoms with Crippen molar-refractivity contribution in [1.82, 2.24) is 5.01 Å². The highest BCUT2D eigenvalue weighted by Gasteiger charge is 2.18. The molecule has 1 aliphatic rings. The molecular weight excluding hydrogens is 188 g/mol. The van der Waals surface area contributed by atoms with Crippen molar-refractivity contribution in [2.75, 3.05) is 6.54 Å². The Labute approximate surface area is 89.4 Å². The van der Waals surface area contributed by atoms with E-state index in [1.807, 2.05) is 0 Å². The van der Waals surface area contributed by atoms with E-state index >= 15 is 0 Å². The van der Waals surface area contributed by atoms with E-state index in [-0.39, 0.29) is 5.91 Å². The van der Waals surface area contributed by atoms with Crippen LogP contribution in [0.4, 0.5) is 0 Å². The first kappa shape index (κ1) is 9.90. The summed E-state index contributed by atoms with van der Waals surface area (Å²) in [6.07, 6.45) is 0.850. The van der Waals surface area contributed by atoms with E-state index in [1.165, 1.54) is 10.6 Å². The molecular formula is C12H14N2O. The summed E-state index contributed by atoms with van der Waals surface area (Å²) in [4.78, 5) is 11.1. The third-order valence-electron chi connectivity index (χ3n) is 2.55. The van der Waals surface area contributed by atoms with Crippen molar-refractivity contribution in [3.63, 3.8) is 0 Å². The van der Waals surface area contributed by atoms with Crippen molar-refractivity contribution in [3.8, 4) is 0 Å². The van der Waals surface area contributed by atoms with Crippen LogP contribution >= 0.6 is 0 Å². The lowest BCUT2D eigenvalue weighted by molar-refractivity contribution is -0.128. The maximum atomic E-state index is 11.1. The van der Waals surface area contributed by atoms with Gasteiger partial charge in [-0.25, -0.2) is 5.01 Å². The lowest BCUT2D eigenvalue weighted by Crippen LogP contribution is -2.19. The van der Waals surface area contributed by atoms with Gasteiger partial charge in [0.25, 0.3) is 0 Å². The molecule has 0 N–H and O–H groups in total. The molecule has 0 atom stereocenters. The quantitative estimate of drug-likeness (QED) is 0.685. The summed E-state index contributed by atoms with van der Waals surface area (Å²) in [5, 5.41) is 5.81. The minimum Gasteiger partial charge on any atom is -0.273 e. The van der Waals surface area contributed by atoms with E-state index in [4.69, 9.17) is 0 Å². The van der Waals surface area contributed by atoms with E-state index in [0.29, 0.717) is 6.54 Å². The molecule has 3 nitrogen and oxygen atoms in total. The van der Waals surface area contributed by atoms with Crippen molar-refractivity contribution in [1.29, 1.82) is 0 Å². The van der Waals surface area contributed by atoms with Gasteiger partial charge in [-0.05, 0) is 12.5 Å². The number of hydrogen-bond acceptors (Lipinski definition) is 2. The Hall–Kier alpha value is -1.64. The Bertz CT molecular complexity index is 406. The van der Waals surface area contributed by atoms with Crippen molar-refractivity contribution < 1.29 is 4.79 Å². The Morgan fingerprint density at radius 1 is 1.33 bits per heavy atom. The van der Waals surface area contributed by atoms with E-state index in [0.717, 1.165) is 17.7 Å².